The Kier molecular flexibility index (Phi) is 5.88. The number of hydrogen-bond acceptors (Lipinski definition) is 7. The minimum atomic E-state index is -2.73. The summed E-state index contributed by atoms with van der Waals surface area (Å²) < 4.78 is 23.9. The molecule has 1 aromatic carbocycles. The molecular weight excluding hydrogens is 408 g/mol. The zero-order valence-electron chi connectivity index (χ0n) is 16.3. The molecule has 1 unspecified atom stereocenters. The van der Waals surface area contributed by atoms with Crippen LogP contribution in [-0.2, 0) is 19.3 Å². The molecule has 4 rings (SSSR count). The van der Waals surface area contributed by atoms with Gasteiger partial charge in [-0.3, -0.25) is 9.59 Å². The maximum Gasteiger partial charge on any atom is 0.284 e. The SMILES string of the molecule is O=C(N=S1(=O)CCCN(C(=O)c2ccccc2-n2cnnn2)CC1)C1=COCCC1. The molecule has 11 heteroatoms. The monoisotopic (exact) mass is 430 g/mol. The van der Waals surface area contributed by atoms with E-state index in [-0.39, 0.29) is 24.0 Å². The average Bonchev–Trinajstić information content (AvgIpc) is 3.24. The number of tetrazole rings is 1. The fourth-order valence-corrected chi connectivity index (χ4v) is 5.36. The maximum atomic E-state index is 13.2. The number of carbonyl (C=O) groups is 2. The van der Waals surface area contributed by atoms with Crippen molar-refractivity contribution in [1.82, 2.24) is 25.1 Å². The van der Waals surface area contributed by atoms with Gasteiger partial charge in [-0.05, 0) is 41.8 Å². The number of amides is 2. The van der Waals surface area contributed by atoms with Gasteiger partial charge in [0, 0.05) is 24.6 Å². The van der Waals surface area contributed by atoms with Crippen LogP contribution in [0, 0.1) is 0 Å². The summed E-state index contributed by atoms with van der Waals surface area (Å²) in [6, 6.07) is 7.05. The molecular formula is C19H22N6O4S. The van der Waals surface area contributed by atoms with E-state index in [1.165, 1.54) is 17.3 Å². The van der Waals surface area contributed by atoms with Crippen LogP contribution < -0.4 is 0 Å². The minimum Gasteiger partial charge on any atom is -0.501 e. The molecule has 1 atom stereocenters. The van der Waals surface area contributed by atoms with Crippen LogP contribution in [0.2, 0.25) is 0 Å². The molecule has 10 nitrogen and oxygen atoms in total. The summed E-state index contributed by atoms with van der Waals surface area (Å²) in [6.07, 6.45) is 4.67. The van der Waals surface area contributed by atoms with Crippen molar-refractivity contribution in [3.8, 4) is 5.69 Å². The molecule has 0 radical (unpaired) electrons. The molecule has 1 aromatic heterocycles. The second kappa shape index (κ2) is 8.74. The number of nitrogens with zero attached hydrogens (tertiary/aromatic N) is 6. The summed E-state index contributed by atoms with van der Waals surface area (Å²) in [5.74, 6) is -0.222. The van der Waals surface area contributed by atoms with Crippen LogP contribution in [-0.4, -0.2) is 72.3 Å². The van der Waals surface area contributed by atoms with Crippen LogP contribution in [0.5, 0.6) is 0 Å². The van der Waals surface area contributed by atoms with E-state index in [9.17, 15) is 13.8 Å². The van der Waals surface area contributed by atoms with Crippen LogP contribution in [0.25, 0.3) is 5.69 Å². The van der Waals surface area contributed by atoms with E-state index in [1.807, 2.05) is 0 Å². The second-order valence-electron chi connectivity index (χ2n) is 7.11. The number of ether oxygens (including phenoxy) is 1. The van der Waals surface area contributed by atoms with E-state index in [0.717, 1.165) is 6.42 Å². The van der Waals surface area contributed by atoms with Crippen LogP contribution in [0.15, 0.2) is 46.8 Å². The highest BCUT2D eigenvalue weighted by Gasteiger charge is 2.26. The van der Waals surface area contributed by atoms with E-state index in [1.54, 1.807) is 29.2 Å². The minimum absolute atomic E-state index is 0.158. The fourth-order valence-electron chi connectivity index (χ4n) is 3.47. The van der Waals surface area contributed by atoms with E-state index in [4.69, 9.17) is 4.74 Å². The van der Waals surface area contributed by atoms with Gasteiger partial charge in [-0.25, -0.2) is 4.21 Å². The molecule has 1 saturated heterocycles. The van der Waals surface area contributed by atoms with Crippen molar-refractivity contribution < 1.29 is 18.5 Å². The number of rotatable bonds is 3. The van der Waals surface area contributed by atoms with Gasteiger partial charge in [-0.15, -0.1) is 5.10 Å². The topological polar surface area (TPSA) is 120 Å². The predicted molar refractivity (Wildman–Crippen MR) is 108 cm³/mol. The molecule has 30 heavy (non-hydrogen) atoms. The van der Waals surface area contributed by atoms with Gasteiger partial charge in [0.1, 0.15) is 6.33 Å². The van der Waals surface area contributed by atoms with Crippen LogP contribution in [0.1, 0.15) is 29.6 Å². The second-order valence-corrected chi connectivity index (χ2v) is 9.66. The Morgan fingerprint density at radius 2 is 2.00 bits per heavy atom. The van der Waals surface area contributed by atoms with Gasteiger partial charge < -0.3 is 9.64 Å². The molecule has 0 aliphatic carbocycles. The summed E-state index contributed by atoms with van der Waals surface area (Å²) in [5.41, 5.74) is 1.48. The van der Waals surface area contributed by atoms with Crippen molar-refractivity contribution in [1.29, 1.82) is 0 Å². The highest BCUT2D eigenvalue weighted by Crippen LogP contribution is 2.19. The molecule has 158 valence electrons. The van der Waals surface area contributed by atoms with Crippen LogP contribution in [0.3, 0.4) is 0 Å². The normalized spacial score (nSPS) is 21.9. The highest BCUT2D eigenvalue weighted by molar-refractivity contribution is 7.93. The largest absolute Gasteiger partial charge is 0.501 e. The molecule has 2 amide bonds. The fraction of sp³-hybridized carbons (Fsp3) is 0.421. The quantitative estimate of drug-likeness (QED) is 0.717. The van der Waals surface area contributed by atoms with Crippen molar-refractivity contribution in [2.24, 2.45) is 4.36 Å². The summed E-state index contributed by atoms with van der Waals surface area (Å²) in [6.45, 7) is 1.28. The summed E-state index contributed by atoms with van der Waals surface area (Å²) in [4.78, 5) is 27.2. The third kappa shape index (κ3) is 4.40. The Morgan fingerprint density at radius 3 is 2.77 bits per heavy atom. The molecule has 0 bridgehead atoms. The smallest absolute Gasteiger partial charge is 0.284 e. The van der Waals surface area contributed by atoms with Crippen LogP contribution in [0.4, 0.5) is 0 Å². The van der Waals surface area contributed by atoms with Gasteiger partial charge in [-0.2, -0.15) is 9.04 Å². The lowest BCUT2D eigenvalue weighted by atomic mass is 10.1. The van der Waals surface area contributed by atoms with E-state index in [0.29, 0.717) is 42.8 Å². The average molecular weight is 430 g/mol. The summed E-state index contributed by atoms with van der Waals surface area (Å²) in [5, 5.41) is 11.1. The lowest BCUT2D eigenvalue weighted by molar-refractivity contribution is -0.114. The first-order chi connectivity index (χ1) is 14.6. The van der Waals surface area contributed by atoms with Gasteiger partial charge in [0.25, 0.3) is 11.8 Å². The van der Waals surface area contributed by atoms with Crippen LogP contribution >= 0.6 is 0 Å². The first-order valence-electron chi connectivity index (χ1n) is 9.75. The van der Waals surface area contributed by atoms with Gasteiger partial charge in [0.05, 0.1) is 39.4 Å². The van der Waals surface area contributed by atoms with Gasteiger partial charge in [0.15, 0.2) is 0 Å². The third-order valence-corrected chi connectivity index (χ3v) is 7.29. The maximum absolute atomic E-state index is 13.2. The zero-order valence-corrected chi connectivity index (χ0v) is 17.2. The van der Waals surface area contributed by atoms with E-state index in [2.05, 4.69) is 19.9 Å². The Hall–Kier alpha value is -3.08. The first kappa shape index (κ1) is 20.2. The first-order valence-corrected chi connectivity index (χ1v) is 11.6. The Bertz CT molecular complexity index is 1090. The van der Waals surface area contributed by atoms with Crippen molar-refractivity contribution in [2.45, 2.75) is 19.3 Å². The standard InChI is InChI=1S/C19H22N6O4S/c26-18(15-5-3-10-29-13-15)21-30(28)11-4-8-24(9-12-30)19(27)16-6-1-2-7-17(16)25-14-20-22-23-25/h1-2,6-7,13-14H,3-5,8-12H2. The van der Waals surface area contributed by atoms with E-state index >= 15 is 0 Å². The van der Waals surface area contributed by atoms with E-state index < -0.39 is 15.6 Å². The predicted octanol–water partition coefficient (Wildman–Crippen LogP) is 1.20. The molecule has 2 aliphatic heterocycles. The molecule has 2 aromatic rings. The number of aromatic nitrogens is 4. The summed E-state index contributed by atoms with van der Waals surface area (Å²) in [7, 11) is -2.73. The zero-order chi connectivity index (χ0) is 21.0. The molecule has 1 fully saturated rings. The van der Waals surface area contributed by atoms with Gasteiger partial charge >= 0.3 is 0 Å². The Morgan fingerprint density at radius 1 is 1.13 bits per heavy atom. The number of benzene rings is 1. The third-order valence-electron chi connectivity index (χ3n) is 5.05. The number of hydrogen-bond donors (Lipinski definition) is 0. The molecule has 2 aliphatic rings. The van der Waals surface area contributed by atoms with Crippen molar-refractivity contribution in [3.63, 3.8) is 0 Å². The lowest BCUT2D eigenvalue weighted by Gasteiger charge is -2.21. The number of carbonyl (C=O) groups excluding carboxylic acids is 2. The Labute approximate surface area is 174 Å². The van der Waals surface area contributed by atoms with Gasteiger partial charge in [-0.1, -0.05) is 12.1 Å². The summed E-state index contributed by atoms with van der Waals surface area (Å²) >= 11 is 0. The molecule has 0 saturated carbocycles. The van der Waals surface area contributed by atoms with Crippen molar-refractivity contribution in [2.75, 3.05) is 31.2 Å². The van der Waals surface area contributed by atoms with Gasteiger partial charge in [0.2, 0.25) is 0 Å². The molecule has 3 heterocycles. The highest BCUT2D eigenvalue weighted by atomic mass is 32.2. The van der Waals surface area contributed by atoms with Crippen molar-refractivity contribution in [3.05, 3.63) is 48.0 Å². The van der Waals surface area contributed by atoms with Crippen molar-refractivity contribution >= 4 is 21.5 Å². The molecule has 0 spiro atoms. The lowest BCUT2D eigenvalue weighted by Crippen LogP contribution is -2.34. The number of para-hydroxylation sites is 1. The molecule has 0 N–H and O–H groups in total. The Balaban J connectivity index is 1.52.